The zero-order valence-electron chi connectivity index (χ0n) is 10.7. The number of ether oxygens (including phenoxy) is 1. The highest BCUT2D eigenvalue weighted by Crippen LogP contribution is 2.39. The molecule has 92 valence electrons. The second kappa shape index (κ2) is 4.91. The SMILES string of the molecule is COc1cccc(CC(=O)C2(C)CCCC2)c1. The zero-order valence-corrected chi connectivity index (χ0v) is 10.7. The van der Waals surface area contributed by atoms with Crippen molar-refractivity contribution < 1.29 is 9.53 Å². The quantitative estimate of drug-likeness (QED) is 0.795. The number of hydrogen-bond donors (Lipinski definition) is 0. The standard InChI is InChI=1S/C15H20O2/c1-15(8-3-4-9-15)14(16)11-12-6-5-7-13(10-12)17-2/h5-7,10H,3-4,8-9,11H2,1-2H3. The Kier molecular flexibility index (Phi) is 3.51. The van der Waals surface area contributed by atoms with Crippen LogP contribution in [0.2, 0.25) is 0 Å². The summed E-state index contributed by atoms with van der Waals surface area (Å²) in [6.07, 6.45) is 5.03. The largest absolute Gasteiger partial charge is 0.497 e. The van der Waals surface area contributed by atoms with Crippen LogP contribution >= 0.6 is 0 Å². The maximum atomic E-state index is 12.3. The molecule has 0 bridgehead atoms. The second-order valence-electron chi connectivity index (χ2n) is 5.22. The van der Waals surface area contributed by atoms with Gasteiger partial charge in [-0.1, -0.05) is 31.9 Å². The number of rotatable bonds is 4. The fourth-order valence-corrected chi connectivity index (χ4v) is 2.62. The molecule has 1 aliphatic rings. The van der Waals surface area contributed by atoms with E-state index in [1.807, 2.05) is 24.3 Å². The van der Waals surface area contributed by atoms with Crippen molar-refractivity contribution in [2.45, 2.75) is 39.0 Å². The van der Waals surface area contributed by atoms with Gasteiger partial charge in [-0.2, -0.15) is 0 Å². The molecule has 0 unspecified atom stereocenters. The molecular weight excluding hydrogens is 212 g/mol. The van der Waals surface area contributed by atoms with Crippen molar-refractivity contribution in [1.29, 1.82) is 0 Å². The number of ketones is 1. The lowest BCUT2D eigenvalue weighted by Crippen LogP contribution is -2.25. The number of hydrogen-bond acceptors (Lipinski definition) is 2. The van der Waals surface area contributed by atoms with E-state index in [0.717, 1.165) is 24.2 Å². The van der Waals surface area contributed by atoms with Crippen LogP contribution in [0.4, 0.5) is 0 Å². The first-order valence-electron chi connectivity index (χ1n) is 6.30. The summed E-state index contributed by atoms with van der Waals surface area (Å²) in [7, 11) is 1.65. The predicted octanol–water partition coefficient (Wildman–Crippen LogP) is 3.39. The Labute approximate surface area is 103 Å². The molecule has 2 heteroatoms. The molecule has 17 heavy (non-hydrogen) atoms. The van der Waals surface area contributed by atoms with E-state index in [1.165, 1.54) is 12.8 Å². The molecule has 0 saturated heterocycles. The number of carbonyl (C=O) groups is 1. The third-order valence-electron chi connectivity index (χ3n) is 3.88. The Morgan fingerprint density at radius 1 is 1.35 bits per heavy atom. The Balaban J connectivity index is 2.07. The normalized spacial score (nSPS) is 18.0. The molecule has 0 amide bonds. The molecule has 1 aromatic rings. The van der Waals surface area contributed by atoms with Crippen LogP contribution in [0.15, 0.2) is 24.3 Å². The molecule has 0 heterocycles. The van der Waals surface area contributed by atoms with Crippen molar-refractivity contribution >= 4 is 5.78 Å². The van der Waals surface area contributed by atoms with Gasteiger partial charge in [-0.3, -0.25) is 4.79 Å². The summed E-state index contributed by atoms with van der Waals surface area (Å²) in [6.45, 7) is 2.11. The van der Waals surface area contributed by atoms with Gasteiger partial charge in [0.25, 0.3) is 0 Å². The molecule has 1 aliphatic carbocycles. The number of benzene rings is 1. The topological polar surface area (TPSA) is 26.3 Å². The summed E-state index contributed by atoms with van der Waals surface area (Å²) < 4.78 is 5.18. The number of methoxy groups -OCH3 is 1. The van der Waals surface area contributed by atoms with E-state index in [9.17, 15) is 4.79 Å². The molecule has 0 radical (unpaired) electrons. The van der Waals surface area contributed by atoms with E-state index in [2.05, 4.69) is 6.92 Å². The zero-order chi connectivity index (χ0) is 12.3. The lowest BCUT2D eigenvalue weighted by atomic mass is 9.81. The third kappa shape index (κ3) is 2.68. The van der Waals surface area contributed by atoms with Crippen LogP contribution in [-0.4, -0.2) is 12.9 Å². The molecular formula is C15H20O2. The van der Waals surface area contributed by atoms with Crippen molar-refractivity contribution in [2.24, 2.45) is 5.41 Å². The predicted molar refractivity (Wildman–Crippen MR) is 68.3 cm³/mol. The van der Waals surface area contributed by atoms with E-state index >= 15 is 0 Å². The summed E-state index contributed by atoms with van der Waals surface area (Å²) in [6, 6.07) is 7.80. The summed E-state index contributed by atoms with van der Waals surface area (Å²) >= 11 is 0. The highest BCUT2D eigenvalue weighted by atomic mass is 16.5. The minimum atomic E-state index is -0.0803. The average Bonchev–Trinajstić information content (AvgIpc) is 2.78. The third-order valence-corrected chi connectivity index (χ3v) is 3.88. The molecule has 0 aromatic heterocycles. The molecule has 1 aromatic carbocycles. The van der Waals surface area contributed by atoms with Gasteiger partial charge in [-0.05, 0) is 30.5 Å². The van der Waals surface area contributed by atoms with Crippen LogP contribution in [-0.2, 0) is 11.2 Å². The van der Waals surface area contributed by atoms with Gasteiger partial charge in [0.15, 0.2) is 0 Å². The van der Waals surface area contributed by atoms with E-state index in [-0.39, 0.29) is 5.41 Å². The average molecular weight is 232 g/mol. The highest BCUT2D eigenvalue weighted by molar-refractivity contribution is 5.86. The second-order valence-corrected chi connectivity index (χ2v) is 5.22. The lowest BCUT2D eigenvalue weighted by Gasteiger charge is -2.21. The summed E-state index contributed by atoms with van der Waals surface area (Å²) in [5.74, 6) is 1.20. The Hall–Kier alpha value is -1.31. The molecule has 2 nitrogen and oxygen atoms in total. The van der Waals surface area contributed by atoms with Crippen LogP contribution in [0.25, 0.3) is 0 Å². The maximum Gasteiger partial charge on any atom is 0.143 e. The Bertz CT molecular complexity index is 403. The molecule has 1 fully saturated rings. The van der Waals surface area contributed by atoms with E-state index < -0.39 is 0 Å². The van der Waals surface area contributed by atoms with Crippen LogP contribution in [0.1, 0.15) is 38.2 Å². The van der Waals surface area contributed by atoms with Crippen LogP contribution in [0, 0.1) is 5.41 Å². The van der Waals surface area contributed by atoms with Gasteiger partial charge in [0.1, 0.15) is 11.5 Å². The fourth-order valence-electron chi connectivity index (χ4n) is 2.62. The van der Waals surface area contributed by atoms with E-state index in [4.69, 9.17) is 4.74 Å². The van der Waals surface area contributed by atoms with E-state index in [1.54, 1.807) is 7.11 Å². The minimum Gasteiger partial charge on any atom is -0.497 e. The summed E-state index contributed by atoms with van der Waals surface area (Å²) in [5.41, 5.74) is 0.978. The molecule has 2 rings (SSSR count). The van der Waals surface area contributed by atoms with Crippen LogP contribution in [0.5, 0.6) is 5.75 Å². The first-order valence-corrected chi connectivity index (χ1v) is 6.30. The van der Waals surface area contributed by atoms with Gasteiger partial charge in [-0.15, -0.1) is 0 Å². The summed E-state index contributed by atoms with van der Waals surface area (Å²) in [4.78, 5) is 12.3. The Morgan fingerprint density at radius 2 is 2.06 bits per heavy atom. The Morgan fingerprint density at radius 3 is 2.71 bits per heavy atom. The maximum absolute atomic E-state index is 12.3. The van der Waals surface area contributed by atoms with Gasteiger partial charge in [-0.25, -0.2) is 0 Å². The van der Waals surface area contributed by atoms with Gasteiger partial charge < -0.3 is 4.74 Å². The molecule has 1 saturated carbocycles. The van der Waals surface area contributed by atoms with Gasteiger partial charge in [0.05, 0.1) is 7.11 Å². The number of carbonyl (C=O) groups excluding carboxylic acids is 1. The monoisotopic (exact) mass is 232 g/mol. The van der Waals surface area contributed by atoms with E-state index in [0.29, 0.717) is 12.2 Å². The molecule has 0 N–H and O–H groups in total. The van der Waals surface area contributed by atoms with Crippen molar-refractivity contribution in [3.8, 4) is 5.75 Å². The van der Waals surface area contributed by atoms with Crippen molar-refractivity contribution in [3.63, 3.8) is 0 Å². The fraction of sp³-hybridized carbons (Fsp3) is 0.533. The van der Waals surface area contributed by atoms with Crippen molar-refractivity contribution in [3.05, 3.63) is 29.8 Å². The van der Waals surface area contributed by atoms with Gasteiger partial charge >= 0.3 is 0 Å². The smallest absolute Gasteiger partial charge is 0.143 e. The minimum absolute atomic E-state index is 0.0803. The molecule has 0 aliphatic heterocycles. The van der Waals surface area contributed by atoms with Crippen LogP contribution in [0.3, 0.4) is 0 Å². The first kappa shape index (κ1) is 12.2. The highest BCUT2D eigenvalue weighted by Gasteiger charge is 2.35. The summed E-state index contributed by atoms with van der Waals surface area (Å²) in [5, 5.41) is 0. The molecule has 0 atom stereocenters. The van der Waals surface area contributed by atoms with Gasteiger partial charge in [0, 0.05) is 11.8 Å². The number of Topliss-reactive ketones (excluding diaryl/α,β-unsaturated/α-hetero) is 1. The molecule has 0 spiro atoms. The lowest BCUT2D eigenvalue weighted by molar-refractivity contribution is -0.126. The van der Waals surface area contributed by atoms with Crippen LogP contribution < -0.4 is 4.74 Å². The first-order chi connectivity index (χ1) is 8.14. The van der Waals surface area contributed by atoms with Crippen molar-refractivity contribution in [1.82, 2.24) is 0 Å². The van der Waals surface area contributed by atoms with Crippen molar-refractivity contribution in [2.75, 3.05) is 7.11 Å². The van der Waals surface area contributed by atoms with Gasteiger partial charge in [0.2, 0.25) is 0 Å².